The summed E-state index contributed by atoms with van der Waals surface area (Å²) in [6.45, 7) is 7.32. The minimum absolute atomic E-state index is 0.123. The van der Waals surface area contributed by atoms with Crippen molar-refractivity contribution in [2.75, 3.05) is 24.6 Å². The molecule has 24 heavy (non-hydrogen) atoms. The van der Waals surface area contributed by atoms with Crippen LogP contribution < -0.4 is 10.2 Å². The van der Waals surface area contributed by atoms with Gasteiger partial charge >= 0.3 is 0 Å². The molecule has 0 saturated carbocycles. The third-order valence-corrected chi connectivity index (χ3v) is 5.27. The van der Waals surface area contributed by atoms with E-state index in [-0.39, 0.29) is 5.91 Å². The third kappa shape index (κ3) is 3.10. The van der Waals surface area contributed by atoms with Crippen molar-refractivity contribution in [3.05, 3.63) is 18.1 Å². The predicted octanol–water partition coefficient (Wildman–Crippen LogP) is 0.800. The first-order valence-electron chi connectivity index (χ1n) is 8.50. The van der Waals surface area contributed by atoms with Crippen molar-refractivity contribution in [1.82, 2.24) is 15.3 Å². The van der Waals surface area contributed by atoms with Crippen LogP contribution in [0.15, 0.2) is 12.3 Å². The molecule has 2 aliphatic heterocycles. The second-order valence-electron chi connectivity index (χ2n) is 7.11. The molecule has 2 saturated heterocycles. The van der Waals surface area contributed by atoms with Crippen LogP contribution >= 0.6 is 0 Å². The van der Waals surface area contributed by atoms with Gasteiger partial charge in [-0.25, -0.2) is 9.97 Å². The molecule has 1 spiro atoms. The Morgan fingerprint density at radius 2 is 2.12 bits per heavy atom. The number of carbonyl (C=O) groups excluding carboxylic acids is 1. The van der Waals surface area contributed by atoms with Crippen LogP contribution in [0.25, 0.3) is 0 Å². The van der Waals surface area contributed by atoms with Gasteiger partial charge < -0.3 is 20.1 Å². The standard InChI is InChI=1S/C17H26N4O3/c1-12-18-8-4-14(19-12)21-9-5-17(6-10-21)15(23)16(3,7-11-24-17)20-13(2)22/h4,8,15,23H,5-7,9-11H2,1-3H3,(H,20,22)/t15-,16+/m1/s1. The quantitative estimate of drug-likeness (QED) is 0.832. The van der Waals surface area contributed by atoms with E-state index >= 15 is 0 Å². The van der Waals surface area contributed by atoms with Gasteiger partial charge in [0.2, 0.25) is 5.91 Å². The van der Waals surface area contributed by atoms with Crippen LogP contribution in [0.5, 0.6) is 0 Å². The average Bonchev–Trinajstić information content (AvgIpc) is 2.53. The molecule has 1 aromatic heterocycles. The lowest BCUT2D eigenvalue weighted by Crippen LogP contribution is -2.69. The number of carbonyl (C=O) groups is 1. The Kier molecular flexibility index (Phi) is 4.48. The van der Waals surface area contributed by atoms with Gasteiger partial charge in [0.15, 0.2) is 0 Å². The van der Waals surface area contributed by atoms with E-state index in [4.69, 9.17) is 4.74 Å². The van der Waals surface area contributed by atoms with Crippen molar-refractivity contribution < 1.29 is 14.6 Å². The Morgan fingerprint density at radius 1 is 1.42 bits per heavy atom. The van der Waals surface area contributed by atoms with E-state index in [2.05, 4.69) is 20.2 Å². The highest BCUT2D eigenvalue weighted by Crippen LogP contribution is 2.40. The van der Waals surface area contributed by atoms with Crippen LogP contribution in [0.4, 0.5) is 5.82 Å². The molecule has 3 rings (SSSR count). The van der Waals surface area contributed by atoms with Crippen LogP contribution in [-0.2, 0) is 9.53 Å². The maximum atomic E-state index is 11.5. The number of nitrogens with one attached hydrogen (secondary N) is 1. The van der Waals surface area contributed by atoms with Crippen LogP contribution in [-0.4, -0.2) is 57.9 Å². The number of anilines is 1. The van der Waals surface area contributed by atoms with Crippen molar-refractivity contribution in [2.45, 2.75) is 57.3 Å². The molecule has 7 nitrogen and oxygen atoms in total. The molecule has 3 heterocycles. The van der Waals surface area contributed by atoms with Gasteiger partial charge in [-0.3, -0.25) is 4.79 Å². The van der Waals surface area contributed by atoms with Crippen molar-refractivity contribution in [3.8, 4) is 0 Å². The largest absolute Gasteiger partial charge is 0.388 e. The summed E-state index contributed by atoms with van der Waals surface area (Å²) < 4.78 is 6.04. The van der Waals surface area contributed by atoms with Gasteiger partial charge in [-0.15, -0.1) is 0 Å². The van der Waals surface area contributed by atoms with Gasteiger partial charge in [-0.1, -0.05) is 0 Å². The fraction of sp³-hybridized carbons (Fsp3) is 0.706. The van der Waals surface area contributed by atoms with E-state index in [9.17, 15) is 9.90 Å². The van der Waals surface area contributed by atoms with Gasteiger partial charge in [-0.05, 0) is 39.2 Å². The van der Waals surface area contributed by atoms with Crippen molar-refractivity contribution >= 4 is 11.7 Å². The van der Waals surface area contributed by atoms with Crippen LogP contribution in [0.2, 0.25) is 0 Å². The normalized spacial score (nSPS) is 29.5. The lowest BCUT2D eigenvalue weighted by Gasteiger charge is -2.53. The first-order valence-corrected chi connectivity index (χ1v) is 8.50. The Bertz CT molecular complexity index is 616. The van der Waals surface area contributed by atoms with E-state index in [0.717, 1.165) is 24.7 Å². The molecule has 1 amide bonds. The molecule has 2 atom stereocenters. The molecule has 0 radical (unpaired) electrons. The summed E-state index contributed by atoms with van der Waals surface area (Å²) >= 11 is 0. The van der Waals surface area contributed by atoms with Gasteiger partial charge in [0, 0.05) is 32.8 Å². The minimum Gasteiger partial charge on any atom is -0.388 e. The fourth-order valence-corrected chi connectivity index (χ4v) is 3.95. The van der Waals surface area contributed by atoms with Gasteiger partial charge in [0.1, 0.15) is 17.7 Å². The lowest BCUT2D eigenvalue weighted by molar-refractivity contribution is -0.198. The van der Waals surface area contributed by atoms with E-state index in [1.165, 1.54) is 6.92 Å². The van der Waals surface area contributed by atoms with Crippen molar-refractivity contribution in [1.29, 1.82) is 0 Å². The number of aromatic nitrogens is 2. The first kappa shape index (κ1) is 17.1. The highest BCUT2D eigenvalue weighted by molar-refractivity contribution is 5.74. The molecule has 0 bridgehead atoms. The molecule has 0 unspecified atom stereocenters. The summed E-state index contributed by atoms with van der Waals surface area (Å²) in [6, 6.07) is 1.91. The molecular weight excluding hydrogens is 308 g/mol. The first-order chi connectivity index (χ1) is 11.3. The molecule has 1 aromatic rings. The number of aryl methyl sites for hydroxylation is 1. The molecule has 132 valence electrons. The minimum atomic E-state index is -0.725. The van der Waals surface area contributed by atoms with Crippen LogP contribution in [0, 0.1) is 6.92 Å². The molecule has 2 fully saturated rings. The van der Waals surface area contributed by atoms with Gasteiger partial charge in [-0.2, -0.15) is 0 Å². The molecule has 0 aliphatic carbocycles. The maximum absolute atomic E-state index is 11.5. The second kappa shape index (κ2) is 6.29. The van der Waals surface area contributed by atoms with E-state index in [0.29, 0.717) is 25.9 Å². The summed E-state index contributed by atoms with van der Waals surface area (Å²) in [6.07, 6.45) is 3.06. The van der Waals surface area contributed by atoms with E-state index in [1.807, 2.05) is 19.9 Å². The Balaban J connectivity index is 1.73. The molecular formula is C17H26N4O3. The number of piperidine rings is 1. The van der Waals surface area contributed by atoms with E-state index in [1.54, 1.807) is 6.20 Å². The molecule has 2 N–H and O–H groups in total. The van der Waals surface area contributed by atoms with Gasteiger partial charge in [0.05, 0.1) is 11.1 Å². The number of rotatable bonds is 2. The van der Waals surface area contributed by atoms with E-state index < -0.39 is 17.2 Å². The number of aliphatic hydroxyl groups excluding tert-OH is 1. The van der Waals surface area contributed by atoms with Crippen LogP contribution in [0.1, 0.15) is 38.9 Å². The topological polar surface area (TPSA) is 87.6 Å². The van der Waals surface area contributed by atoms with Crippen molar-refractivity contribution in [2.24, 2.45) is 0 Å². The molecule has 7 heteroatoms. The molecule has 0 aromatic carbocycles. The fourth-order valence-electron chi connectivity index (χ4n) is 3.95. The lowest BCUT2D eigenvalue weighted by atomic mass is 9.73. The number of hydrogen-bond donors (Lipinski definition) is 2. The van der Waals surface area contributed by atoms with Crippen molar-refractivity contribution in [3.63, 3.8) is 0 Å². The zero-order valence-electron chi connectivity index (χ0n) is 14.6. The Morgan fingerprint density at radius 3 is 2.75 bits per heavy atom. The highest BCUT2D eigenvalue weighted by Gasteiger charge is 2.53. The number of amides is 1. The summed E-state index contributed by atoms with van der Waals surface area (Å²) in [4.78, 5) is 22.3. The zero-order chi connectivity index (χ0) is 17.4. The predicted molar refractivity (Wildman–Crippen MR) is 89.7 cm³/mol. The smallest absolute Gasteiger partial charge is 0.217 e. The van der Waals surface area contributed by atoms with Gasteiger partial charge in [0.25, 0.3) is 0 Å². The summed E-state index contributed by atoms with van der Waals surface area (Å²) in [7, 11) is 0. The second-order valence-corrected chi connectivity index (χ2v) is 7.11. The number of hydrogen-bond acceptors (Lipinski definition) is 6. The third-order valence-electron chi connectivity index (χ3n) is 5.27. The monoisotopic (exact) mass is 334 g/mol. The van der Waals surface area contributed by atoms with Crippen LogP contribution in [0.3, 0.4) is 0 Å². The summed E-state index contributed by atoms with van der Waals surface area (Å²) in [5.74, 6) is 1.54. The average molecular weight is 334 g/mol. The summed E-state index contributed by atoms with van der Waals surface area (Å²) in [5.41, 5.74) is -1.24. The number of ether oxygens (including phenoxy) is 1. The zero-order valence-corrected chi connectivity index (χ0v) is 14.6. The summed E-state index contributed by atoms with van der Waals surface area (Å²) in [5, 5.41) is 13.9. The number of nitrogens with zero attached hydrogens (tertiary/aromatic N) is 3. The Hall–Kier alpha value is -1.73. The number of aliphatic hydroxyl groups is 1. The molecule has 2 aliphatic rings. The Labute approximate surface area is 142 Å². The SMILES string of the molecule is CC(=O)N[C@@]1(C)CCOC2(CCN(c3ccnc(C)n3)CC2)[C@@H]1O. The maximum Gasteiger partial charge on any atom is 0.217 e. The highest BCUT2D eigenvalue weighted by atomic mass is 16.5.